The largest absolute Gasteiger partial charge is 0.465 e. The lowest BCUT2D eigenvalue weighted by Gasteiger charge is -2.63. The van der Waals surface area contributed by atoms with Gasteiger partial charge < -0.3 is 14.9 Å². The smallest absolute Gasteiger partial charge is 0.315 e. The van der Waals surface area contributed by atoms with Gasteiger partial charge in [-0.3, -0.25) is 14.4 Å². The van der Waals surface area contributed by atoms with Crippen molar-refractivity contribution in [2.45, 2.75) is 82.8 Å². The number of rotatable bonds is 2. The molecule has 0 aliphatic heterocycles. The summed E-state index contributed by atoms with van der Waals surface area (Å²) in [5, 5.41) is 23.1. The van der Waals surface area contributed by atoms with Gasteiger partial charge in [-0.2, -0.15) is 0 Å². The van der Waals surface area contributed by atoms with E-state index >= 15 is 0 Å². The molecule has 4 fully saturated rings. The maximum absolute atomic E-state index is 13.2. The third kappa shape index (κ3) is 2.11. The summed E-state index contributed by atoms with van der Waals surface area (Å²) >= 11 is 0. The van der Waals surface area contributed by atoms with Gasteiger partial charge in [-0.05, 0) is 51.9 Å². The summed E-state index contributed by atoms with van der Waals surface area (Å²) in [6, 6.07) is 0. The molecule has 4 rings (SSSR count). The van der Waals surface area contributed by atoms with E-state index in [1.54, 1.807) is 13.8 Å². The molecule has 0 aromatic rings. The molecule has 0 aromatic carbocycles. The summed E-state index contributed by atoms with van der Waals surface area (Å²) in [4.78, 5) is 39.0. The molecule has 6 nitrogen and oxygen atoms in total. The Morgan fingerprint density at radius 2 is 1.85 bits per heavy atom. The van der Waals surface area contributed by atoms with Crippen LogP contribution in [0.4, 0.5) is 0 Å². The van der Waals surface area contributed by atoms with Gasteiger partial charge in [-0.25, -0.2) is 0 Å². The van der Waals surface area contributed by atoms with Crippen LogP contribution < -0.4 is 0 Å². The highest BCUT2D eigenvalue weighted by Gasteiger charge is 2.75. The minimum atomic E-state index is -1.43. The number of carbonyl (C=O) groups excluding carboxylic acids is 3. The number of aliphatic hydroxyl groups is 2. The standard InChI is InChI=1S/C21H30O6/c1-3-27-17(24)20-9-5-4-8-19(20,25)12-14(22)16-13(20)6-10-18(2)15(23)7-11-21(16,18)26/h13,16,25-26H,3-12H2,1-2H3/t13-,16-,18-,19+,20+,21+/m0/s1. The van der Waals surface area contributed by atoms with Crippen LogP contribution in [0.3, 0.4) is 0 Å². The average Bonchev–Trinajstić information content (AvgIpc) is 2.85. The molecule has 0 radical (unpaired) electrons. The van der Waals surface area contributed by atoms with Gasteiger partial charge in [0.1, 0.15) is 17.0 Å². The van der Waals surface area contributed by atoms with E-state index in [9.17, 15) is 24.6 Å². The zero-order valence-electron chi connectivity index (χ0n) is 16.3. The maximum atomic E-state index is 13.2. The van der Waals surface area contributed by atoms with Gasteiger partial charge in [-0.15, -0.1) is 0 Å². The van der Waals surface area contributed by atoms with E-state index in [-0.39, 0.29) is 37.4 Å². The number of Topliss-reactive ketones (excluding diaryl/α,β-unsaturated/α-hetero) is 2. The number of ketones is 2. The van der Waals surface area contributed by atoms with Crippen LogP contribution in [0, 0.1) is 22.7 Å². The van der Waals surface area contributed by atoms with Gasteiger partial charge in [-0.1, -0.05) is 12.8 Å². The number of fused-ring (bicyclic) bond motifs is 5. The van der Waals surface area contributed by atoms with Crippen molar-refractivity contribution in [1.82, 2.24) is 0 Å². The Hall–Kier alpha value is -1.27. The Labute approximate surface area is 159 Å². The first-order valence-electron chi connectivity index (χ1n) is 10.3. The first kappa shape index (κ1) is 19.1. The van der Waals surface area contributed by atoms with Crippen molar-refractivity contribution >= 4 is 17.5 Å². The van der Waals surface area contributed by atoms with Crippen LogP contribution in [0.5, 0.6) is 0 Å². The van der Waals surface area contributed by atoms with E-state index in [0.29, 0.717) is 25.7 Å². The second-order valence-electron chi connectivity index (χ2n) is 9.38. The van der Waals surface area contributed by atoms with Crippen molar-refractivity contribution in [3.63, 3.8) is 0 Å². The summed E-state index contributed by atoms with van der Waals surface area (Å²) in [6.45, 7) is 3.72. The highest BCUT2D eigenvalue weighted by molar-refractivity contribution is 5.95. The molecule has 0 saturated heterocycles. The Bertz CT molecular complexity index is 703. The highest BCUT2D eigenvalue weighted by atomic mass is 16.5. The van der Waals surface area contributed by atoms with Gasteiger partial charge in [0.25, 0.3) is 0 Å². The summed E-state index contributed by atoms with van der Waals surface area (Å²) < 4.78 is 5.42. The molecule has 0 bridgehead atoms. The Morgan fingerprint density at radius 1 is 1.15 bits per heavy atom. The molecule has 6 heteroatoms. The average molecular weight is 378 g/mol. The quantitative estimate of drug-likeness (QED) is 0.712. The third-order valence-electron chi connectivity index (χ3n) is 8.50. The molecule has 4 aliphatic rings. The van der Waals surface area contributed by atoms with E-state index in [2.05, 4.69) is 0 Å². The monoisotopic (exact) mass is 378 g/mol. The molecular formula is C21H30O6. The normalized spacial score (nSPS) is 49.2. The number of carbonyl (C=O) groups is 3. The van der Waals surface area contributed by atoms with Gasteiger partial charge in [0, 0.05) is 12.8 Å². The van der Waals surface area contributed by atoms with E-state index < -0.39 is 39.8 Å². The van der Waals surface area contributed by atoms with Gasteiger partial charge in [0.15, 0.2) is 0 Å². The van der Waals surface area contributed by atoms with Crippen LogP contribution in [0.25, 0.3) is 0 Å². The molecule has 4 saturated carbocycles. The van der Waals surface area contributed by atoms with Crippen molar-refractivity contribution in [2.24, 2.45) is 22.7 Å². The molecule has 150 valence electrons. The molecule has 27 heavy (non-hydrogen) atoms. The molecule has 6 atom stereocenters. The van der Waals surface area contributed by atoms with Crippen molar-refractivity contribution in [3.8, 4) is 0 Å². The van der Waals surface area contributed by atoms with Crippen LogP contribution in [0.1, 0.15) is 71.6 Å². The molecular weight excluding hydrogens is 348 g/mol. The lowest BCUT2D eigenvalue weighted by Crippen LogP contribution is -2.72. The first-order valence-corrected chi connectivity index (χ1v) is 10.3. The predicted octanol–water partition coefficient (Wildman–Crippen LogP) is 1.94. The molecule has 4 aliphatic carbocycles. The number of ether oxygens (including phenoxy) is 1. The molecule has 0 aromatic heterocycles. The third-order valence-corrected chi connectivity index (χ3v) is 8.50. The summed E-state index contributed by atoms with van der Waals surface area (Å²) in [5.41, 5.74) is -4.95. The van der Waals surface area contributed by atoms with Crippen molar-refractivity contribution < 1.29 is 29.3 Å². The van der Waals surface area contributed by atoms with Crippen LogP contribution in [-0.4, -0.2) is 45.6 Å². The van der Waals surface area contributed by atoms with E-state index in [1.165, 1.54) is 0 Å². The number of hydrogen-bond donors (Lipinski definition) is 2. The molecule has 0 heterocycles. The molecule has 0 amide bonds. The van der Waals surface area contributed by atoms with Crippen LogP contribution >= 0.6 is 0 Å². The summed E-state index contributed by atoms with van der Waals surface area (Å²) in [5.74, 6) is -1.90. The predicted molar refractivity (Wildman–Crippen MR) is 95.6 cm³/mol. The Balaban J connectivity index is 1.86. The topological polar surface area (TPSA) is 101 Å². The lowest BCUT2D eigenvalue weighted by atomic mass is 9.41. The molecule has 0 spiro atoms. The van der Waals surface area contributed by atoms with Crippen molar-refractivity contribution in [1.29, 1.82) is 0 Å². The fourth-order valence-electron chi connectivity index (χ4n) is 7.07. The minimum absolute atomic E-state index is 0.00548. The Kier molecular flexibility index (Phi) is 4.14. The second kappa shape index (κ2) is 5.86. The molecule has 0 unspecified atom stereocenters. The van der Waals surface area contributed by atoms with Crippen molar-refractivity contribution in [2.75, 3.05) is 6.61 Å². The first-order chi connectivity index (χ1) is 12.7. The van der Waals surface area contributed by atoms with Gasteiger partial charge >= 0.3 is 5.97 Å². The Morgan fingerprint density at radius 3 is 2.56 bits per heavy atom. The van der Waals surface area contributed by atoms with Crippen LogP contribution in [0.15, 0.2) is 0 Å². The van der Waals surface area contributed by atoms with Gasteiger partial charge in [0.2, 0.25) is 0 Å². The zero-order valence-corrected chi connectivity index (χ0v) is 16.3. The van der Waals surface area contributed by atoms with E-state index in [0.717, 1.165) is 12.8 Å². The summed E-state index contributed by atoms with van der Waals surface area (Å²) in [6.07, 6.45) is 3.71. The summed E-state index contributed by atoms with van der Waals surface area (Å²) in [7, 11) is 0. The maximum Gasteiger partial charge on any atom is 0.315 e. The van der Waals surface area contributed by atoms with Crippen LogP contribution in [-0.2, 0) is 19.1 Å². The number of esters is 1. The lowest BCUT2D eigenvalue weighted by molar-refractivity contribution is -0.241. The van der Waals surface area contributed by atoms with Crippen LogP contribution in [0.2, 0.25) is 0 Å². The minimum Gasteiger partial charge on any atom is -0.465 e. The zero-order chi connectivity index (χ0) is 19.7. The molecule has 2 N–H and O–H groups in total. The van der Waals surface area contributed by atoms with Crippen molar-refractivity contribution in [3.05, 3.63) is 0 Å². The highest BCUT2D eigenvalue weighted by Crippen LogP contribution is 2.67. The second-order valence-corrected chi connectivity index (χ2v) is 9.38. The van der Waals surface area contributed by atoms with E-state index in [1.807, 2.05) is 0 Å². The van der Waals surface area contributed by atoms with Gasteiger partial charge in [0.05, 0.1) is 29.1 Å². The fraction of sp³-hybridized carbons (Fsp3) is 0.857. The van der Waals surface area contributed by atoms with E-state index in [4.69, 9.17) is 4.74 Å². The fourth-order valence-corrected chi connectivity index (χ4v) is 7.07. The number of hydrogen-bond acceptors (Lipinski definition) is 6. The SMILES string of the molecule is CCOC(=O)[C@]12CCCC[C@@]1(O)CC(=O)[C@@H]1[C@@H]2CC[C@@]2(C)C(=O)CC[C@@]12O.